The molecule has 2 aliphatic rings. The Morgan fingerprint density at radius 2 is 1.67 bits per heavy atom. The molecule has 2 unspecified atom stereocenters. The standard InChI is InChI=1S/C27H28N2O3S/c1-18-16-23(28-14-15-33-26-11-7-6-10-22(26)28)20-8-4-5-9-21(20)29(18)27(30)19-12-13-24(31-2)25(17-19)32-3/h4-13,17-18,23H,14-16H2,1-3H3. The van der Waals surface area contributed by atoms with Crippen LogP contribution >= 0.6 is 11.8 Å². The van der Waals surface area contributed by atoms with Crippen molar-refractivity contribution in [1.82, 2.24) is 0 Å². The highest BCUT2D eigenvalue weighted by Crippen LogP contribution is 2.46. The van der Waals surface area contributed by atoms with Crippen molar-refractivity contribution >= 4 is 29.0 Å². The number of rotatable bonds is 4. The summed E-state index contributed by atoms with van der Waals surface area (Å²) >= 11 is 1.92. The van der Waals surface area contributed by atoms with E-state index in [1.165, 1.54) is 16.1 Å². The summed E-state index contributed by atoms with van der Waals surface area (Å²) in [4.78, 5) is 19.5. The first kappa shape index (κ1) is 21.7. The molecule has 0 N–H and O–H groups in total. The molecule has 2 aliphatic heterocycles. The van der Waals surface area contributed by atoms with E-state index in [0.29, 0.717) is 17.1 Å². The quantitative estimate of drug-likeness (QED) is 0.493. The third-order valence-electron chi connectivity index (χ3n) is 6.55. The average Bonchev–Trinajstić information content (AvgIpc) is 2.87. The minimum atomic E-state index is -0.0241. The van der Waals surface area contributed by atoms with E-state index >= 15 is 0 Å². The van der Waals surface area contributed by atoms with E-state index in [2.05, 4.69) is 54.3 Å². The van der Waals surface area contributed by atoms with Crippen LogP contribution in [-0.4, -0.2) is 38.5 Å². The fraction of sp³-hybridized carbons (Fsp3) is 0.296. The van der Waals surface area contributed by atoms with Crippen LogP contribution in [-0.2, 0) is 0 Å². The second-order valence-electron chi connectivity index (χ2n) is 8.41. The number of carbonyl (C=O) groups excluding carboxylic acids is 1. The van der Waals surface area contributed by atoms with Crippen LogP contribution in [0.4, 0.5) is 11.4 Å². The molecule has 0 aliphatic carbocycles. The Labute approximate surface area is 199 Å². The van der Waals surface area contributed by atoms with Crippen LogP contribution in [0.3, 0.4) is 0 Å². The minimum Gasteiger partial charge on any atom is -0.493 e. The van der Waals surface area contributed by atoms with E-state index in [0.717, 1.165) is 24.4 Å². The predicted octanol–water partition coefficient (Wildman–Crippen LogP) is 5.80. The van der Waals surface area contributed by atoms with Crippen molar-refractivity contribution in [2.24, 2.45) is 0 Å². The van der Waals surface area contributed by atoms with Gasteiger partial charge in [0.15, 0.2) is 11.5 Å². The van der Waals surface area contributed by atoms with Gasteiger partial charge in [-0.2, -0.15) is 0 Å². The lowest BCUT2D eigenvalue weighted by atomic mass is 9.89. The molecular formula is C27H28N2O3S. The zero-order valence-electron chi connectivity index (χ0n) is 19.2. The summed E-state index contributed by atoms with van der Waals surface area (Å²) in [5.41, 5.74) is 4.07. The van der Waals surface area contributed by atoms with Gasteiger partial charge in [-0.15, -0.1) is 11.8 Å². The van der Waals surface area contributed by atoms with Gasteiger partial charge in [-0.25, -0.2) is 0 Å². The molecule has 0 spiro atoms. The lowest BCUT2D eigenvalue weighted by Gasteiger charge is -2.46. The third kappa shape index (κ3) is 3.82. The second kappa shape index (κ2) is 9.02. The maximum Gasteiger partial charge on any atom is 0.258 e. The second-order valence-corrected chi connectivity index (χ2v) is 9.55. The lowest BCUT2D eigenvalue weighted by molar-refractivity contribution is 0.0973. The molecule has 3 aromatic rings. The Hall–Kier alpha value is -3.12. The summed E-state index contributed by atoms with van der Waals surface area (Å²) in [6.45, 7) is 3.14. The number of para-hydroxylation sites is 2. The van der Waals surface area contributed by atoms with Crippen LogP contribution in [0.15, 0.2) is 71.6 Å². The molecule has 1 amide bonds. The molecule has 5 rings (SSSR count). The molecule has 0 saturated carbocycles. The van der Waals surface area contributed by atoms with E-state index in [1.54, 1.807) is 26.4 Å². The first-order valence-corrected chi connectivity index (χ1v) is 12.2. The minimum absolute atomic E-state index is 0.0241. The first-order valence-electron chi connectivity index (χ1n) is 11.3. The molecule has 2 atom stereocenters. The smallest absolute Gasteiger partial charge is 0.258 e. The summed E-state index contributed by atoms with van der Waals surface area (Å²) < 4.78 is 10.8. The SMILES string of the molecule is COc1ccc(C(=O)N2c3ccccc3C(N3CCSc4ccccc43)CC2C)cc1OC. The summed E-state index contributed by atoms with van der Waals surface area (Å²) in [6, 6.07) is 22.6. The van der Waals surface area contributed by atoms with Gasteiger partial charge < -0.3 is 19.3 Å². The molecule has 0 fully saturated rings. The Bertz CT molecular complexity index is 1180. The molecule has 0 radical (unpaired) electrons. The Balaban J connectivity index is 1.53. The molecule has 0 aromatic heterocycles. The molecular weight excluding hydrogens is 432 g/mol. The third-order valence-corrected chi connectivity index (χ3v) is 7.59. The Morgan fingerprint density at radius 3 is 2.45 bits per heavy atom. The van der Waals surface area contributed by atoms with Crippen molar-refractivity contribution in [2.45, 2.75) is 30.3 Å². The van der Waals surface area contributed by atoms with Crippen molar-refractivity contribution in [3.8, 4) is 11.5 Å². The van der Waals surface area contributed by atoms with Crippen molar-refractivity contribution < 1.29 is 14.3 Å². The number of hydrogen-bond acceptors (Lipinski definition) is 5. The van der Waals surface area contributed by atoms with Crippen LogP contribution in [0.1, 0.15) is 35.3 Å². The molecule has 170 valence electrons. The number of thioether (sulfide) groups is 1. The maximum atomic E-state index is 13.7. The number of carbonyl (C=O) groups is 1. The normalized spacial score (nSPS) is 19.5. The Morgan fingerprint density at radius 1 is 0.939 bits per heavy atom. The van der Waals surface area contributed by atoms with E-state index in [4.69, 9.17) is 9.47 Å². The summed E-state index contributed by atoms with van der Waals surface area (Å²) in [5, 5.41) is 0. The van der Waals surface area contributed by atoms with Gasteiger partial charge >= 0.3 is 0 Å². The highest BCUT2D eigenvalue weighted by Gasteiger charge is 2.38. The number of benzene rings is 3. The molecule has 0 bridgehead atoms. The highest BCUT2D eigenvalue weighted by atomic mass is 32.2. The molecule has 6 heteroatoms. The van der Waals surface area contributed by atoms with Crippen molar-refractivity contribution in [3.63, 3.8) is 0 Å². The monoisotopic (exact) mass is 460 g/mol. The molecule has 33 heavy (non-hydrogen) atoms. The average molecular weight is 461 g/mol. The van der Waals surface area contributed by atoms with Crippen LogP contribution in [0.25, 0.3) is 0 Å². The van der Waals surface area contributed by atoms with E-state index in [1.807, 2.05) is 28.8 Å². The van der Waals surface area contributed by atoms with Crippen LogP contribution in [0.5, 0.6) is 11.5 Å². The number of anilines is 2. The number of amides is 1. The topological polar surface area (TPSA) is 42.0 Å². The van der Waals surface area contributed by atoms with Crippen LogP contribution in [0.2, 0.25) is 0 Å². The maximum absolute atomic E-state index is 13.7. The molecule has 3 aromatic carbocycles. The van der Waals surface area contributed by atoms with Crippen molar-refractivity contribution in [2.75, 3.05) is 36.3 Å². The summed E-state index contributed by atoms with van der Waals surface area (Å²) in [6.07, 6.45) is 0.870. The van der Waals surface area contributed by atoms with Gasteiger partial charge in [-0.05, 0) is 55.3 Å². The zero-order valence-corrected chi connectivity index (χ0v) is 20.0. The van der Waals surface area contributed by atoms with Gasteiger partial charge in [0, 0.05) is 34.5 Å². The van der Waals surface area contributed by atoms with E-state index in [-0.39, 0.29) is 18.0 Å². The molecule has 5 nitrogen and oxygen atoms in total. The lowest BCUT2D eigenvalue weighted by Crippen LogP contribution is -2.47. The van der Waals surface area contributed by atoms with Gasteiger partial charge in [0.25, 0.3) is 5.91 Å². The first-order chi connectivity index (χ1) is 16.1. The fourth-order valence-corrected chi connectivity index (χ4v) is 6.03. The summed E-state index contributed by atoms with van der Waals surface area (Å²) in [5.74, 6) is 2.21. The van der Waals surface area contributed by atoms with E-state index < -0.39 is 0 Å². The van der Waals surface area contributed by atoms with Gasteiger partial charge in [0.2, 0.25) is 0 Å². The number of fused-ring (bicyclic) bond motifs is 2. The molecule has 2 heterocycles. The van der Waals surface area contributed by atoms with Gasteiger partial charge in [-0.1, -0.05) is 30.3 Å². The highest BCUT2D eigenvalue weighted by molar-refractivity contribution is 7.99. The van der Waals surface area contributed by atoms with Gasteiger partial charge in [-0.3, -0.25) is 4.79 Å². The number of ether oxygens (including phenoxy) is 2. The number of methoxy groups -OCH3 is 2. The largest absolute Gasteiger partial charge is 0.493 e. The van der Waals surface area contributed by atoms with Crippen molar-refractivity contribution in [3.05, 3.63) is 77.9 Å². The summed E-state index contributed by atoms with van der Waals surface area (Å²) in [7, 11) is 3.18. The van der Waals surface area contributed by atoms with Gasteiger partial charge in [0.05, 0.1) is 25.9 Å². The van der Waals surface area contributed by atoms with Crippen molar-refractivity contribution in [1.29, 1.82) is 0 Å². The number of nitrogens with zero attached hydrogens (tertiary/aromatic N) is 2. The zero-order chi connectivity index (χ0) is 22.9. The van der Waals surface area contributed by atoms with Crippen LogP contribution in [0, 0.1) is 0 Å². The van der Waals surface area contributed by atoms with E-state index in [9.17, 15) is 4.79 Å². The Kier molecular flexibility index (Phi) is 5.94. The molecule has 0 saturated heterocycles. The van der Waals surface area contributed by atoms with Gasteiger partial charge in [0.1, 0.15) is 0 Å². The van der Waals surface area contributed by atoms with Crippen LogP contribution < -0.4 is 19.3 Å². The fourth-order valence-electron chi connectivity index (χ4n) is 5.01. The predicted molar refractivity (Wildman–Crippen MR) is 134 cm³/mol. The number of hydrogen-bond donors (Lipinski definition) is 0.